The summed E-state index contributed by atoms with van der Waals surface area (Å²) >= 11 is 3.40. The Balaban J connectivity index is 0.000000171. The van der Waals surface area contributed by atoms with Crippen molar-refractivity contribution in [3.8, 4) is 5.75 Å². The second-order valence-electron chi connectivity index (χ2n) is 10.4. The van der Waals surface area contributed by atoms with E-state index >= 15 is 0 Å². The van der Waals surface area contributed by atoms with Gasteiger partial charge in [-0.3, -0.25) is 14.2 Å². The van der Waals surface area contributed by atoms with Gasteiger partial charge < -0.3 is 14.9 Å². The number of azo groups is 1. The summed E-state index contributed by atoms with van der Waals surface area (Å²) < 4.78 is 32.9. The number of amides is 1. The van der Waals surface area contributed by atoms with Crippen LogP contribution < -0.4 is 5.32 Å². The van der Waals surface area contributed by atoms with Gasteiger partial charge in [-0.25, -0.2) is 0 Å². The van der Waals surface area contributed by atoms with Crippen molar-refractivity contribution in [3.05, 3.63) is 89.4 Å². The van der Waals surface area contributed by atoms with E-state index in [0.717, 1.165) is 59.3 Å². The number of phenols is 1. The lowest BCUT2D eigenvalue weighted by atomic mass is 10.1. The Kier molecular flexibility index (Phi) is 8.99. The Morgan fingerprint density at radius 1 is 0.857 bits per heavy atom. The lowest BCUT2D eigenvalue weighted by molar-refractivity contribution is -0.933. The summed E-state index contributed by atoms with van der Waals surface area (Å²) in [5, 5.41) is 22.5. The van der Waals surface area contributed by atoms with Crippen LogP contribution in [0.2, 0.25) is 0 Å². The summed E-state index contributed by atoms with van der Waals surface area (Å²) in [6, 6.07) is 23.6. The Bertz CT molecular complexity index is 1690. The van der Waals surface area contributed by atoms with Crippen molar-refractivity contribution in [3.63, 3.8) is 0 Å². The summed E-state index contributed by atoms with van der Waals surface area (Å²) in [6.07, 6.45) is 0. The molecule has 0 spiro atoms. The van der Waals surface area contributed by atoms with E-state index in [0.29, 0.717) is 23.3 Å². The summed E-state index contributed by atoms with van der Waals surface area (Å²) in [5.74, 6) is 0.301. The number of quaternary nitrogens is 1. The van der Waals surface area contributed by atoms with Crippen LogP contribution >= 0.6 is 15.9 Å². The monoisotopic (exact) mass is 652 g/mol. The van der Waals surface area contributed by atoms with Crippen LogP contribution in [-0.2, 0) is 14.9 Å². The number of nitrogens with one attached hydrogen (secondary N) is 1. The molecule has 7 rings (SSSR count). The molecule has 0 aromatic heterocycles. The summed E-state index contributed by atoms with van der Waals surface area (Å²) in [7, 11) is -4.22. The van der Waals surface area contributed by atoms with Gasteiger partial charge in [-0.1, -0.05) is 40.2 Å². The fourth-order valence-electron chi connectivity index (χ4n) is 5.16. The Morgan fingerprint density at radius 2 is 1.48 bits per heavy atom. The zero-order chi connectivity index (χ0) is 29.7. The molecule has 4 aromatic rings. The van der Waals surface area contributed by atoms with Crippen molar-refractivity contribution in [1.29, 1.82) is 0 Å². The number of piperazine rings is 3. The fourth-order valence-corrected chi connectivity index (χ4v) is 5.90. The number of rotatable bonds is 6. The molecule has 0 atom stereocenters. The number of fused-ring (bicyclic) bond motifs is 4. The maximum absolute atomic E-state index is 12.2. The lowest BCUT2D eigenvalue weighted by Crippen LogP contribution is -2.68. The highest BCUT2D eigenvalue weighted by molar-refractivity contribution is 9.10. The number of carbonyl (C=O) groups is 1. The Labute approximate surface area is 252 Å². The van der Waals surface area contributed by atoms with E-state index in [-0.39, 0.29) is 16.6 Å². The van der Waals surface area contributed by atoms with Gasteiger partial charge in [0.05, 0.1) is 35.9 Å². The van der Waals surface area contributed by atoms with E-state index < -0.39 is 10.1 Å². The van der Waals surface area contributed by atoms with Crippen molar-refractivity contribution in [1.82, 2.24) is 4.90 Å². The third kappa shape index (κ3) is 7.39. The van der Waals surface area contributed by atoms with Gasteiger partial charge in [-0.2, -0.15) is 13.5 Å². The predicted octanol–water partition coefficient (Wildman–Crippen LogP) is 5.74. The Hall–Kier alpha value is -3.68. The molecule has 3 aliphatic heterocycles. The predicted molar refractivity (Wildman–Crippen MR) is 165 cm³/mol. The molecular weight excluding hydrogens is 622 g/mol. The van der Waals surface area contributed by atoms with E-state index in [1.54, 1.807) is 12.1 Å². The number of anilines is 1. The minimum Gasteiger partial charge on any atom is -0.507 e. The number of halogens is 1. The molecule has 0 radical (unpaired) electrons. The fraction of sp³-hybridized carbons (Fsp3) is 0.233. The molecule has 218 valence electrons. The number of aromatic hydroxyl groups is 1. The highest BCUT2D eigenvalue weighted by atomic mass is 79.9. The SMILES string of the molecule is O=C(C[N+]12CCN(CC1)CC2)Nc1ccc(Br)cc1.O=S(=O)(O)c1ccc(N=Nc2ccc(O)c3ccccc23)cc1. The van der Waals surface area contributed by atoms with Gasteiger partial charge in [0.1, 0.15) is 5.75 Å². The van der Waals surface area contributed by atoms with Crippen LogP contribution in [0.1, 0.15) is 0 Å². The van der Waals surface area contributed by atoms with Crippen LogP contribution in [0.4, 0.5) is 17.1 Å². The van der Waals surface area contributed by atoms with E-state index in [1.807, 2.05) is 42.5 Å². The first-order valence-corrected chi connectivity index (χ1v) is 15.7. The molecule has 1 amide bonds. The molecule has 10 nitrogen and oxygen atoms in total. The molecule has 3 aliphatic rings. The van der Waals surface area contributed by atoms with Crippen molar-refractivity contribution >= 4 is 59.8 Å². The quantitative estimate of drug-likeness (QED) is 0.138. The highest BCUT2D eigenvalue weighted by Crippen LogP contribution is 2.33. The topological polar surface area (TPSA) is 132 Å². The van der Waals surface area contributed by atoms with Gasteiger partial charge in [0, 0.05) is 40.6 Å². The second kappa shape index (κ2) is 12.7. The van der Waals surface area contributed by atoms with Crippen LogP contribution in [0.3, 0.4) is 0 Å². The summed E-state index contributed by atoms with van der Waals surface area (Å²) in [5.41, 5.74) is 1.90. The van der Waals surface area contributed by atoms with Crippen LogP contribution in [0.25, 0.3) is 10.8 Å². The van der Waals surface area contributed by atoms with Crippen LogP contribution in [0, 0.1) is 0 Å². The number of carbonyl (C=O) groups excluding carboxylic acids is 1. The number of nitrogens with zero attached hydrogens (tertiary/aromatic N) is 4. The zero-order valence-electron chi connectivity index (χ0n) is 22.7. The van der Waals surface area contributed by atoms with Gasteiger partial charge in [-0.05, 0) is 60.7 Å². The maximum atomic E-state index is 12.2. The third-order valence-corrected chi connectivity index (χ3v) is 8.96. The van der Waals surface area contributed by atoms with E-state index in [9.17, 15) is 18.3 Å². The van der Waals surface area contributed by atoms with E-state index in [4.69, 9.17) is 4.55 Å². The lowest BCUT2D eigenvalue weighted by Gasteiger charge is -2.50. The normalized spacial score (nSPS) is 19.8. The van der Waals surface area contributed by atoms with Crippen molar-refractivity contribution < 1.29 is 27.4 Å². The molecule has 0 unspecified atom stereocenters. The summed E-state index contributed by atoms with van der Waals surface area (Å²) in [4.78, 5) is 14.5. The average Bonchev–Trinajstić information content (AvgIpc) is 2.99. The summed E-state index contributed by atoms with van der Waals surface area (Å²) in [6.45, 7) is 7.40. The van der Waals surface area contributed by atoms with Crippen LogP contribution in [-0.4, -0.2) is 79.2 Å². The van der Waals surface area contributed by atoms with Gasteiger partial charge >= 0.3 is 0 Å². The maximum Gasteiger partial charge on any atom is 0.294 e. The minimum absolute atomic E-state index is 0.137. The molecule has 3 N–H and O–H groups in total. The second-order valence-corrected chi connectivity index (χ2v) is 12.7. The molecule has 3 heterocycles. The molecule has 4 aromatic carbocycles. The minimum atomic E-state index is -4.22. The van der Waals surface area contributed by atoms with Gasteiger partial charge in [0.25, 0.3) is 16.0 Å². The van der Waals surface area contributed by atoms with Crippen LogP contribution in [0.5, 0.6) is 5.75 Å². The Morgan fingerprint density at radius 3 is 2.10 bits per heavy atom. The molecule has 12 heteroatoms. The van der Waals surface area contributed by atoms with Crippen LogP contribution in [0.15, 0.2) is 105 Å². The number of benzene rings is 4. The van der Waals surface area contributed by atoms with Crippen molar-refractivity contribution in [2.24, 2.45) is 10.2 Å². The largest absolute Gasteiger partial charge is 0.507 e. The van der Waals surface area contributed by atoms with Gasteiger partial charge in [0.2, 0.25) is 0 Å². The standard InChI is InChI=1S/C16H12N2O4S.C14H18BrN3O/c19-16-10-9-15(13-3-1-2-4-14(13)16)18-17-11-5-7-12(8-6-11)23(20,21)22;15-12-1-3-13(4-2-12)16-14(19)11-18-8-5-17(6-9-18)7-10-18/h1-10,19H,(H,20,21,22);1-4H,5-11H2/p+1. The molecule has 3 fully saturated rings. The van der Waals surface area contributed by atoms with E-state index in [1.165, 1.54) is 30.3 Å². The van der Waals surface area contributed by atoms with Crippen molar-refractivity contribution in [2.45, 2.75) is 4.90 Å². The van der Waals surface area contributed by atoms with E-state index in [2.05, 4.69) is 36.4 Å². The average molecular weight is 654 g/mol. The molecular formula is C30H31BrN5O5S+. The third-order valence-electron chi connectivity index (χ3n) is 7.56. The molecule has 0 saturated carbocycles. The number of phenolic OH excluding ortho intramolecular Hbond substituents is 1. The molecule has 0 aliphatic carbocycles. The molecule has 2 bridgehead atoms. The smallest absolute Gasteiger partial charge is 0.294 e. The molecule has 42 heavy (non-hydrogen) atoms. The van der Waals surface area contributed by atoms with Gasteiger partial charge in [-0.15, -0.1) is 5.11 Å². The number of hydrogen-bond acceptors (Lipinski definition) is 7. The van der Waals surface area contributed by atoms with Crippen molar-refractivity contribution in [2.75, 3.05) is 51.1 Å². The first-order valence-electron chi connectivity index (χ1n) is 13.4. The van der Waals surface area contributed by atoms with Gasteiger partial charge in [0.15, 0.2) is 6.54 Å². The number of hydrogen-bond donors (Lipinski definition) is 3. The molecule has 3 saturated heterocycles. The first-order chi connectivity index (χ1) is 20.1. The zero-order valence-corrected chi connectivity index (χ0v) is 25.1. The highest BCUT2D eigenvalue weighted by Gasteiger charge is 2.39. The first kappa shape index (κ1) is 29.8.